The third-order valence-corrected chi connectivity index (χ3v) is 4.74. The Morgan fingerprint density at radius 1 is 1.19 bits per heavy atom. The summed E-state index contributed by atoms with van der Waals surface area (Å²) in [4.78, 5) is 9.08. The van der Waals surface area contributed by atoms with E-state index < -0.39 is 0 Å². The largest absolute Gasteiger partial charge is 0.367 e. The molecule has 1 saturated heterocycles. The number of benzene rings is 1. The number of rotatable bonds is 4. The SMILES string of the molecule is Cc1nc(CCN2CCN(c3ccccc3F)CC2)cs1. The molecule has 1 aromatic heterocycles. The first-order chi connectivity index (χ1) is 10.2. The van der Waals surface area contributed by atoms with Gasteiger partial charge in [-0.05, 0) is 19.1 Å². The monoisotopic (exact) mass is 305 g/mol. The van der Waals surface area contributed by atoms with Crippen LogP contribution in [0.15, 0.2) is 29.6 Å². The molecule has 2 heterocycles. The van der Waals surface area contributed by atoms with Crippen LogP contribution >= 0.6 is 11.3 Å². The second-order valence-electron chi connectivity index (χ2n) is 5.39. The van der Waals surface area contributed by atoms with Gasteiger partial charge >= 0.3 is 0 Å². The molecule has 1 fully saturated rings. The number of thiazole rings is 1. The first kappa shape index (κ1) is 14.5. The van der Waals surface area contributed by atoms with E-state index in [2.05, 4.69) is 20.2 Å². The lowest BCUT2D eigenvalue weighted by Crippen LogP contribution is -2.47. The second kappa shape index (κ2) is 6.54. The molecular weight excluding hydrogens is 285 g/mol. The molecule has 0 aliphatic carbocycles. The molecule has 0 amide bonds. The molecule has 0 saturated carbocycles. The van der Waals surface area contributed by atoms with Crippen LogP contribution in [0.3, 0.4) is 0 Å². The maximum Gasteiger partial charge on any atom is 0.146 e. The van der Waals surface area contributed by atoms with E-state index in [0.717, 1.165) is 49.8 Å². The smallest absolute Gasteiger partial charge is 0.146 e. The molecular formula is C16H20FN3S. The summed E-state index contributed by atoms with van der Waals surface area (Å²) in [6, 6.07) is 7.04. The van der Waals surface area contributed by atoms with E-state index in [1.165, 1.54) is 11.8 Å². The van der Waals surface area contributed by atoms with Crippen molar-refractivity contribution in [1.29, 1.82) is 0 Å². The fourth-order valence-electron chi connectivity index (χ4n) is 2.72. The number of aryl methyl sites for hydroxylation is 1. The van der Waals surface area contributed by atoms with Gasteiger partial charge in [0.2, 0.25) is 0 Å². The molecule has 1 aliphatic heterocycles. The molecule has 1 aliphatic rings. The Morgan fingerprint density at radius 2 is 1.95 bits per heavy atom. The lowest BCUT2D eigenvalue weighted by atomic mass is 10.2. The van der Waals surface area contributed by atoms with E-state index in [1.807, 2.05) is 19.1 Å². The van der Waals surface area contributed by atoms with Crippen LogP contribution in [-0.4, -0.2) is 42.6 Å². The van der Waals surface area contributed by atoms with Crippen molar-refractivity contribution in [3.63, 3.8) is 0 Å². The molecule has 0 N–H and O–H groups in total. The molecule has 0 spiro atoms. The van der Waals surface area contributed by atoms with E-state index in [0.29, 0.717) is 0 Å². The predicted molar refractivity (Wildman–Crippen MR) is 85.6 cm³/mol. The molecule has 0 bridgehead atoms. The Labute approximate surface area is 129 Å². The Morgan fingerprint density at radius 3 is 2.62 bits per heavy atom. The van der Waals surface area contributed by atoms with Crippen LogP contribution in [0.5, 0.6) is 0 Å². The summed E-state index contributed by atoms with van der Waals surface area (Å²) in [5, 5.41) is 3.28. The minimum Gasteiger partial charge on any atom is -0.367 e. The Balaban J connectivity index is 1.50. The highest BCUT2D eigenvalue weighted by molar-refractivity contribution is 7.09. The maximum atomic E-state index is 13.8. The van der Waals surface area contributed by atoms with Crippen molar-refractivity contribution in [2.45, 2.75) is 13.3 Å². The third kappa shape index (κ3) is 3.60. The van der Waals surface area contributed by atoms with E-state index in [4.69, 9.17) is 0 Å². The molecule has 1 aromatic carbocycles. The zero-order valence-corrected chi connectivity index (χ0v) is 13.1. The van der Waals surface area contributed by atoms with Gasteiger partial charge in [0.05, 0.1) is 16.4 Å². The van der Waals surface area contributed by atoms with Crippen LogP contribution in [0.1, 0.15) is 10.7 Å². The van der Waals surface area contributed by atoms with Crippen molar-refractivity contribution < 1.29 is 4.39 Å². The van der Waals surface area contributed by atoms with Crippen molar-refractivity contribution in [2.75, 3.05) is 37.6 Å². The van der Waals surface area contributed by atoms with Gasteiger partial charge in [0.25, 0.3) is 0 Å². The third-order valence-electron chi connectivity index (χ3n) is 3.92. The van der Waals surface area contributed by atoms with Gasteiger partial charge in [0, 0.05) is 44.5 Å². The van der Waals surface area contributed by atoms with E-state index in [9.17, 15) is 4.39 Å². The first-order valence-corrected chi connectivity index (χ1v) is 8.23. The van der Waals surface area contributed by atoms with Crippen LogP contribution in [-0.2, 0) is 6.42 Å². The van der Waals surface area contributed by atoms with Crippen LogP contribution < -0.4 is 4.90 Å². The molecule has 5 heteroatoms. The number of anilines is 1. The number of piperazine rings is 1. The van der Waals surface area contributed by atoms with Crippen molar-refractivity contribution in [3.05, 3.63) is 46.2 Å². The summed E-state index contributed by atoms with van der Waals surface area (Å²) in [7, 11) is 0. The molecule has 3 rings (SSSR count). The van der Waals surface area contributed by atoms with Crippen LogP contribution in [0.2, 0.25) is 0 Å². The zero-order valence-electron chi connectivity index (χ0n) is 12.3. The van der Waals surface area contributed by atoms with E-state index in [1.54, 1.807) is 17.4 Å². The Kier molecular flexibility index (Phi) is 4.51. The molecule has 21 heavy (non-hydrogen) atoms. The van der Waals surface area contributed by atoms with Crippen LogP contribution in [0.4, 0.5) is 10.1 Å². The van der Waals surface area contributed by atoms with E-state index >= 15 is 0 Å². The molecule has 0 unspecified atom stereocenters. The van der Waals surface area contributed by atoms with Gasteiger partial charge in [-0.2, -0.15) is 0 Å². The predicted octanol–water partition coefficient (Wildman–Crippen LogP) is 2.96. The number of nitrogens with zero attached hydrogens (tertiary/aromatic N) is 3. The summed E-state index contributed by atoms with van der Waals surface area (Å²) in [5.41, 5.74) is 1.92. The second-order valence-corrected chi connectivity index (χ2v) is 6.45. The highest BCUT2D eigenvalue weighted by Crippen LogP contribution is 2.20. The van der Waals surface area contributed by atoms with Crippen molar-refractivity contribution in [1.82, 2.24) is 9.88 Å². The average molecular weight is 305 g/mol. The number of para-hydroxylation sites is 1. The fraction of sp³-hybridized carbons (Fsp3) is 0.438. The number of hydrogen-bond donors (Lipinski definition) is 0. The highest BCUT2D eigenvalue weighted by Gasteiger charge is 2.19. The number of halogens is 1. The van der Waals surface area contributed by atoms with Crippen molar-refractivity contribution in [2.24, 2.45) is 0 Å². The van der Waals surface area contributed by atoms with Crippen LogP contribution in [0, 0.1) is 12.7 Å². The lowest BCUT2D eigenvalue weighted by Gasteiger charge is -2.36. The molecule has 2 aromatic rings. The summed E-state index contributed by atoms with van der Waals surface area (Å²) in [6.07, 6.45) is 1.00. The van der Waals surface area contributed by atoms with Crippen LogP contribution in [0.25, 0.3) is 0 Å². The van der Waals surface area contributed by atoms with Gasteiger partial charge in [-0.15, -0.1) is 11.3 Å². The summed E-state index contributed by atoms with van der Waals surface area (Å²) >= 11 is 1.71. The van der Waals surface area contributed by atoms with E-state index in [-0.39, 0.29) is 5.82 Å². The van der Waals surface area contributed by atoms with Crippen molar-refractivity contribution >= 4 is 17.0 Å². The molecule has 112 valence electrons. The van der Waals surface area contributed by atoms with Gasteiger partial charge in [-0.1, -0.05) is 12.1 Å². The lowest BCUT2D eigenvalue weighted by molar-refractivity contribution is 0.259. The Hall–Kier alpha value is -1.46. The molecule has 3 nitrogen and oxygen atoms in total. The average Bonchev–Trinajstić information content (AvgIpc) is 2.92. The minimum atomic E-state index is -0.121. The quantitative estimate of drug-likeness (QED) is 0.866. The standard InChI is InChI=1S/C16H20FN3S/c1-13-18-14(12-21-13)6-7-19-8-10-20(11-9-19)16-5-3-2-4-15(16)17/h2-5,12H,6-11H2,1H3. The Bertz CT molecular complexity index is 591. The zero-order chi connectivity index (χ0) is 14.7. The topological polar surface area (TPSA) is 19.4 Å². The summed E-state index contributed by atoms with van der Waals surface area (Å²) in [5.74, 6) is -0.121. The first-order valence-electron chi connectivity index (χ1n) is 7.35. The van der Waals surface area contributed by atoms with Gasteiger partial charge < -0.3 is 4.90 Å². The molecule has 0 radical (unpaired) electrons. The van der Waals surface area contributed by atoms with Gasteiger partial charge in [-0.3, -0.25) is 4.90 Å². The maximum absolute atomic E-state index is 13.8. The van der Waals surface area contributed by atoms with Gasteiger partial charge in [0.1, 0.15) is 5.82 Å². The summed E-state index contributed by atoms with van der Waals surface area (Å²) < 4.78 is 13.8. The van der Waals surface area contributed by atoms with Crippen molar-refractivity contribution in [3.8, 4) is 0 Å². The summed E-state index contributed by atoms with van der Waals surface area (Å²) in [6.45, 7) is 6.82. The van der Waals surface area contributed by atoms with Gasteiger partial charge in [0.15, 0.2) is 0 Å². The number of aromatic nitrogens is 1. The number of hydrogen-bond acceptors (Lipinski definition) is 4. The van der Waals surface area contributed by atoms with Gasteiger partial charge in [-0.25, -0.2) is 9.37 Å². The highest BCUT2D eigenvalue weighted by atomic mass is 32.1. The normalized spacial score (nSPS) is 16.4. The fourth-order valence-corrected chi connectivity index (χ4v) is 3.36. The molecule has 0 atom stereocenters. The minimum absolute atomic E-state index is 0.121.